The molecule has 0 amide bonds. The molecular weight excluding hydrogens is 274 g/mol. The second-order valence-electron chi connectivity index (χ2n) is 5.21. The van der Waals surface area contributed by atoms with Crippen LogP contribution in [0, 0.1) is 0 Å². The lowest BCUT2D eigenvalue weighted by Crippen LogP contribution is -2.39. The van der Waals surface area contributed by atoms with Crippen molar-refractivity contribution in [3.63, 3.8) is 0 Å². The zero-order valence-electron chi connectivity index (χ0n) is 12.7. The lowest BCUT2D eigenvalue weighted by Gasteiger charge is -2.18. The first kappa shape index (κ1) is 17.1. The van der Waals surface area contributed by atoms with E-state index in [1.54, 1.807) is 18.2 Å². The molecule has 1 unspecified atom stereocenters. The van der Waals surface area contributed by atoms with E-state index >= 15 is 0 Å². The molecule has 1 atom stereocenters. The topological polar surface area (TPSA) is 61.4 Å². The average Bonchev–Trinajstić information content (AvgIpc) is 2.35. The van der Waals surface area contributed by atoms with Crippen molar-refractivity contribution >= 4 is 10.0 Å². The molecule has 1 rings (SSSR count). The first-order chi connectivity index (χ1) is 9.35. The van der Waals surface area contributed by atoms with Gasteiger partial charge in [-0.1, -0.05) is 19.1 Å². The van der Waals surface area contributed by atoms with Crippen LogP contribution in [0.4, 0.5) is 0 Å². The molecule has 0 fully saturated rings. The molecule has 5 nitrogen and oxygen atoms in total. The van der Waals surface area contributed by atoms with E-state index in [4.69, 9.17) is 0 Å². The third kappa shape index (κ3) is 5.58. The summed E-state index contributed by atoms with van der Waals surface area (Å²) < 4.78 is 27.3. The minimum atomic E-state index is -3.46. The Kier molecular flexibility index (Phi) is 6.61. The molecule has 0 aliphatic rings. The fourth-order valence-corrected chi connectivity index (χ4v) is 3.31. The van der Waals surface area contributed by atoms with E-state index < -0.39 is 10.0 Å². The van der Waals surface area contributed by atoms with Crippen LogP contribution in [0.25, 0.3) is 0 Å². The van der Waals surface area contributed by atoms with E-state index in [2.05, 4.69) is 10.0 Å². The lowest BCUT2D eigenvalue weighted by molar-refractivity contribution is 0.370. The van der Waals surface area contributed by atoms with Gasteiger partial charge in [-0.3, -0.25) is 0 Å². The lowest BCUT2D eigenvalue weighted by atomic mass is 10.2. The third-order valence-corrected chi connectivity index (χ3v) is 4.37. The smallest absolute Gasteiger partial charge is 0.240 e. The SMILES string of the molecule is CCNCc1cccc(S(=O)(=O)NC(C)CN(C)C)c1. The molecule has 2 N–H and O–H groups in total. The molecular formula is C14H25N3O2S. The molecule has 1 aromatic rings. The summed E-state index contributed by atoms with van der Waals surface area (Å²) in [5, 5.41) is 3.19. The minimum absolute atomic E-state index is 0.132. The number of benzene rings is 1. The Morgan fingerprint density at radius 1 is 1.30 bits per heavy atom. The second-order valence-corrected chi connectivity index (χ2v) is 6.93. The summed E-state index contributed by atoms with van der Waals surface area (Å²) in [7, 11) is 0.380. The van der Waals surface area contributed by atoms with Crippen LogP contribution in [0.5, 0.6) is 0 Å². The van der Waals surface area contributed by atoms with Crippen LogP contribution in [-0.4, -0.2) is 46.5 Å². The molecule has 0 saturated heterocycles. The standard InChI is InChI=1S/C14H25N3O2S/c1-5-15-10-13-7-6-8-14(9-13)20(18,19)16-12(2)11-17(3)4/h6-9,12,15-16H,5,10-11H2,1-4H3. The quantitative estimate of drug-likeness (QED) is 0.752. The molecule has 0 radical (unpaired) electrons. The molecule has 114 valence electrons. The summed E-state index contributed by atoms with van der Waals surface area (Å²) >= 11 is 0. The average molecular weight is 299 g/mol. The van der Waals surface area contributed by atoms with Crippen molar-refractivity contribution < 1.29 is 8.42 Å². The Labute approximate surface area is 122 Å². The summed E-state index contributed by atoms with van der Waals surface area (Å²) in [4.78, 5) is 2.27. The summed E-state index contributed by atoms with van der Waals surface area (Å²) in [6.07, 6.45) is 0. The monoisotopic (exact) mass is 299 g/mol. The van der Waals surface area contributed by atoms with Crippen molar-refractivity contribution in [1.82, 2.24) is 14.9 Å². The summed E-state index contributed by atoms with van der Waals surface area (Å²) in [5.74, 6) is 0. The largest absolute Gasteiger partial charge is 0.313 e. The number of likely N-dealkylation sites (N-methyl/N-ethyl adjacent to an activating group) is 1. The highest BCUT2D eigenvalue weighted by Gasteiger charge is 2.17. The van der Waals surface area contributed by atoms with Crippen molar-refractivity contribution in [3.05, 3.63) is 29.8 Å². The number of rotatable bonds is 8. The number of sulfonamides is 1. The van der Waals surface area contributed by atoms with E-state index in [0.29, 0.717) is 18.0 Å². The van der Waals surface area contributed by atoms with Crippen LogP contribution in [0.2, 0.25) is 0 Å². The fourth-order valence-electron chi connectivity index (χ4n) is 2.01. The zero-order chi connectivity index (χ0) is 15.2. The Hall–Kier alpha value is -0.950. The summed E-state index contributed by atoms with van der Waals surface area (Å²) in [6.45, 7) is 6.07. The first-order valence-corrected chi connectivity index (χ1v) is 8.30. The fraction of sp³-hybridized carbons (Fsp3) is 0.571. The van der Waals surface area contributed by atoms with Gasteiger partial charge in [0.05, 0.1) is 4.90 Å². The maximum atomic E-state index is 12.3. The molecule has 0 aliphatic heterocycles. The molecule has 0 saturated carbocycles. The Bertz CT molecular complexity index is 515. The number of nitrogens with one attached hydrogen (secondary N) is 2. The van der Waals surface area contributed by atoms with E-state index in [-0.39, 0.29) is 6.04 Å². The third-order valence-electron chi connectivity index (χ3n) is 2.78. The van der Waals surface area contributed by atoms with Crippen LogP contribution >= 0.6 is 0 Å². The van der Waals surface area contributed by atoms with Gasteiger partial charge in [0.2, 0.25) is 10.0 Å². The van der Waals surface area contributed by atoms with Gasteiger partial charge in [0, 0.05) is 19.1 Å². The van der Waals surface area contributed by atoms with Crippen LogP contribution in [0.1, 0.15) is 19.4 Å². The number of nitrogens with zero attached hydrogens (tertiary/aromatic N) is 1. The maximum absolute atomic E-state index is 12.3. The van der Waals surface area contributed by atoms with Gasteiger partial charge in [0.15, 0.2) is 0 Å². The van der Waals surface area contributed by atoms with Crippen molar-refractivity contribution in [2.75, 3.05) is 27.2 Å². The molecule has 0 bridgehead atoms. The van der Waals surface area contributed by atoms with Gasteiger partial charge < -0.3 is 10.2 Å². The molecule has 0 aliphatic carbocycles. The maximum Gasteiger partial charge on any atom is 0.240 e. The van der Waals surface area contributed by atoms with E-state index in [0.717, 1.165) is 12.1 Å². The normalized spacial score (nSPS) is 13.7. The highest BCUT2D eigenvalue weighted by Crippen LogP contribution is 2.12. The van der Waals surface area contributed by atoms with Gasteiger partial charge in [-0.2, -0.15) is 0 Å². The summed E-state index contributed by atoms with van der Waals surface area (Å²) in [5.41, 5.74) is 0.968. The van der Waals surface area contributed by atoms with Crippen LogP contribution in [0.3, 0.4) is 0 Å². The van der Waals surface area contributed by atoms with Crippen molar-refractivity contribution in [2.45, 2.75) is 31.3 Å². The minimum Gasteiger partial charge on any atom is -0.313 e. The predicted octanol–water partition coefficient (Wildman–Crippen LogP) is 1.02. The molecule has 0 aromatic heterocycles. The zero-order valence-corrected chi connectivity index (χ0v) is 13.5. The van der Waals surface area contributed by atoms with Gasteiger partial charge >= 0.3 is 0 Å². The highest BCUT2D eigenvalue weighted by atomic mass is 32.2. The van der Waals surface area contributed by atoms with Gasteiger partial charge in [-0.25, -0.2) is 13.1 Å². The van der Waals surface area contributed by atoms with Gasteiger partial charge in [-0.05, 0) is 45.3 Å². The van der Waals surface area contributed by atoms with Crippen molar-refractivity contribution in [1.29, 1.82) is 0 Å². The Morgan fingerprint density at radius 3 is 2.60 bits per heavy atom. The molecule has 1 aromatic carbocycles. The number of hydrogen-bond acceptors (Lipinski definition) is 4. The Balaban J connectivity index is 2.81. The molecule has 6 heteroatoms. The van der Waals surface area contributed by atoms with Crippen LogP contribution < -0.4 is 10.0 Å². The Morgan fingerprint density at radius 2 is 2.00 bits per heavy atom. The second kappa shape index (κ2) is 7.73. The van der Waals surface area contributed by atoms with E-state index in [1.165, 1.54) is 0 Å². The number of hydrogen-bond donors (Lipinski definition) is 2. The van der Waals surface area contributed by atoms with Crippen LogP contribution in [0.15, 0.2) is 29.2 Å². The van der Waals surface area contributed by atoms with Gasteiger partial charge in [0.1, 0.15) is 0 Å². The van der Waals surface area contributed by atoms with Gasteiger partial charge in [0.25, 0.3) is 0 Å². The molecule has 20 heavy (non-hydrogen) atoms. The van der Waals surface area contributed by atoms with Crippen LogP contribution in [-0.2, 0) is 16.6 Å². The van der Waals surface area contributed by atoms with Gasteiger partial charge in [-0.15, -0.1) is 0 Å². The molecule has 0 spiro atoms. The van der Waals surface area contributed by atoms with Crippen molar-refractivity contribution in [2.24, 2.45) is 0 Å². The van der Waals surface area contributed by atoms with E-state index in [1.807, 2.05) is 38.9 Å². The molecule has 0 heterocycles. The van der Waals surface area contributed by atoms with E-state index in [9.17, 15) is 8.42 Å². The predicted molar refractivity (Wildman–Crippen MR) is 82.2 cm³/mol. The highest BCUT2D eigenvalue weighted by molar-refractivity contribution is 7.89. The van der Waals surface area contributed by atoms with Crippen molar-refractivity contribution in [3.8, 4) is 0 Å². The summed E-state index contributed by atoms with van der Waals surface area (Å²) in [6, 6.07) is 6.91. The first-order valence-electron chi connectivity index (χ1n) is 6.82.